The van der Waals surface area contributed by atoms with E-state index < -0.39 is 6.10 Å². The van der Waals surface area contributed by atoms with Gasteiger partial charge >= 0.3 is 0 Å². The van der Waals surface area contributed by atoms with Crippen LogP contribution in [0.15, 0.2) is 17.3 Å². The van der Waals surface area contributed by atoms with Crippen molar-refractivity contribution in [3.63, 3.8) is 0 Å². The van der Waals surface area contributed by atoms with E-state index in [4.69, 9.17) is 11.2 Å². The fourth-order valence-corrected chi connectivity index (χ4v) is 2.87. The van der Waals surface area contributed by atoms with Crippen LogP contribution >= 0.6 is 0 Å². The summed E-state index contributed by atoms with van der Waals surface area (Å²) < 4.78 is 7.89. The maximum Gasteiger partial charge on any atom is 0.248 e. The SMILES string of the molecule is C#CC(C)=N/C(C)=c1/ccn(C2O[C@H](C(=O)NC)CC2C)c1=C. The van der Waals surface area contributed by atoms with Gasteiger partial charge < -0.3 is 14.6 Å². The minimum atomic E-state index is -0.419. The highest BCUT2D eigenvalue weighted by atomic mass is 16.5. The van der Waals surface area contributed by atoms with E-state index in [2.05, 4.69) is 29.7 Å². The Balaban J connectivity index is 2.38. The molecular weight excluding hydrogens is 290 g/mol. The van der Waals surface area contributed by atoms with Crippen molar-refractivity contribution < 1.29 is 9.53 Å². The molecule has 1 saturated heterocycles. The summed E-state index contributed by atoms with van der Waals surface area (Å²) >= 11 is 0. The van der Waals surface area contributed by atoms with Crippen LogP contribution < -0.4 is 15.9 Å². The Morgan fingerprint density at radius 3 is 2.87 bits per heavy atom. The lowest BCUT2D eigenvalue weighted by Crippen LogP contribution is -2.34. The molecule has 23 heavy (non-hydrogen) atoms. The zero-order chi connectivity index (χ0) is 17.1. The van der Waals surface area contributed by atoms with Crippen molar-refractivity contribution in [2.24, 2.45) is 10.9 Å². The molecule has 122 valence electrons. The van der Waals surface area contributed by atoms with Crippen LogP contribution in [-0.4, -0.2) is 29.3 Å². The highest BCUT2D eigenvalue weighted by Crippen LogP contribution is 2.33. The zero-order valence-electron chi connectivity index (χ0n) is 14.1. The van der Waals surface area contributed by atoms with Crippen molar-refractivity contribution in [2.75, 3.05) is 7.05 Å². The Hall–Kier alpha value is -2.32. The number of carbonyl (C=O) groups excluding carboxylic acids is 1. The number of nitrogens with zero attached hydrogens (tertiary/aromatic N) is 2. The second-order valence-electron chi connectivity index (χ2n) is 5.85. The van der Waals surface area contributed by atoms with Crippen molar-refractivity contribution in [1.82, 2.24) is 9.88 Å². The van der Waals surface area contributed by atoms with Gasteiger partial charge in [-0.15, -0.1) is 6.42 Å². The average molecular weight is 313 g/mol. The number of rotatable bonds is 3. The van der Waals surface area contributed by atoms with Crippen LogP contribution in [0, 0.1) is 18.3 Å². The molecule has 1 amide bonds. The molecule has 1 aliphatic rings. The maximum absolute atomic E-state index is 11.8. The first kappa shape index (κ1) is 17.0. The van der Waals surface area contributed by atoms with Gasteiger partial charge in [0.15, 0.2) is 0 Å². The molecule has 0 radical (unpaired) electrons. The lowest BCUT2D eigenvalue weighted by atomic mass is 10.1. The lowest BCUT2D eigenvalue weighted by Gasteiger charge is -2.17. The molecule has 1 N–H and O–H groups in total. The van der Waals surface area contributed by atoms with Crippen LogP contribution in [0.1, 0.15) is 33.4 Å². The molecule has 1 aromatic heterocycles. The van der Waals surface area contributed by atoms with E-state index in [1.807, 2.05) is 23.8 Å². The zero-order valence-corrected chi connectivity index (χ0v) is 14.1. The van der Waals surface area contributed by atoms with Crippen molar-refractivity contribution in [3.05, 3.63) is 22.8 Å². The third-order valence-electron chi connectivity index (χ3n) is 4.15. The van der Waals surface area contributed by atoms with Crippen molar-refractivity contribution in [1.29, 1.82) is 0 Å². The fraction of sp³-hybridized carbons (Fsp3) is 0.444. The van der Waals surface area contributed by atoms with Gasteiger partial charge in [0, 0.05) is 35.4 Å². The van der Waals surface area contributed by atoms with E-state index in [0.717, 1.165) is 16.3 Å². The summed E-state index contributed by atoms with van der Waals surface area (Å²) in [7, 11) is 1.62. The normalized spacial score (nSPS) is 25.9. The lowest BCUT2D eigenvalue weighted by molar-refractivity contribution is -0.133. The van der Waals surface area contributed by atoms with Crippen LogP contribution in [0.2, 0.25) is 0 Å². The van der Waals surface area contributed by atoms with Crippen LogP contribution in [0.3, 0.4) is 0 Å². The summed E-state index contributed by atoms with van der Waals surface area (Å²) in [5.41, 5.74) is 1.44. The molecule has 0 aromatic carbocycles. The quantitative estimate of drug-likeness (QED) is 0.662. The molecule has 2 heterocycles. The Kier molecular flexibility index (Phi) is 5.07. The van der Waals surface area contributed by atoms with E-state index in [-0.39, 0.29) is 18.1 Å². The first-order valence-electron chi connectivity index (χ1n) is 7.64. The number of aromatic nitrogens is 1. The predicted molar refractivity (Wildman–Crippen MR) is 92.0 cm³/mol. The van der Waals surface area contributed by atoms with Crippen molar-refractivity contribution in [3.8, 4) is 12.3 Å². The Morgan fingerprint density at radius 2 is 2.26 bits per heavy atom. The highest BCUT2D eigenvalue weighted by molar-refractivity contribution is 5.99. The van der Waals surface area contributed by atoms with Crippen LogP contribution in [0.5, 0.6) is 0 Å². The summed E-state index contributed by atoms with van der Waals surface area (Å²) in [4.78, 5) is 16.2. The van der Waals surface area contributed by atoms with Crippen LogP contribution in [0.25, 0.3) is 12.3 Å². The van der Waals surface area contributed by atoms with Crippen LogP contribution in [0.4, 0.5) is 0 Å². The molecule has 1 aliphatic heterocycles. The smallest absolute Gasteiger partial charge is 0.248 e. The molecule has 0 bridgehead atoms. The van der Waals surface area contributed by atoms with E-state index in [9.17, 15) is 4.79 Å². The molecule has 1 fully saturated rings. The van der Waals surface area contributed by atoms with Gasteiger partial charge in [0.2, 0.25) is 5.91 Å². The fourth-order valence-electron chi connectivity index (χ4n) is 2.87. The number of ether oxygens (including phenoxy) is 1. The van der Waals surface area contributed by atoms with Gasteiger partial charge in [-0.25, -0.2) is 4.99 Å². The largest absolute Gasteiger partial charge is 0.357 e. The first-order chi connectivity index (χ1) is 10.9. The van der Waals surface area contributed by atoms with Gasteiger partial charge in [-0.3, -0.25) is 4.79 Å². The molecule has 1 aromatic rings. The average Bonchev–Trinajstić information content (AvgIpc) is 3.09. The van der Waals surface area contributed by atoms with Crippen molar-refractivity contribution >= 4 is 23.9 Å². The monoisotopic (exact) mass is 313 g/mol. The third-order valence-corrected chi connectivity index (χ3v) is 4.15. The molecule has 0 aliphatic carbocycles. The van der Waals surface area contributed by atoms with E-state index >= 15 is 0 Å². The van der Waals surface area contributed by atoms with Gasteiger partial charge in [-0.1, -0.05) is 19.4 Å². The third kappa shape index (κ3) is 3.38. The Morgan fingerprint density at radius 1 is 1.57 bits per heavy atom. The molecule has 2 unspecified atom stereocenters. The van der Waals surface area contributed by atoms with Crippen LogP contribution in [-0.2, 0) is 9.53 Å². The number of amides is 1. The summed E-state index contributed by atoms with van der Waals surface area (Å²) in [5, 5.41) is 4.38. The standard InChI is InChI=1S/C18H23N3O2/c1-7-12(3)20-13(4)15-8-9-21(14(15)5)18-11(2)10-16(23-18)17(22)19-6/h1,8-9,11,16,18H,5,10H2,2-4,6H3,(H,19,22)/b15-13-,20-12?/t11?,16-,18?/m0/s1. The second kappa shape index (κ2) is 6.84. The first-order valence-corrected chi connectivity index (χ1v) is 7.64. The van der Waals surface area contributed by atoms with E-state index in [1.165, 1.54) is 0 Å². The summed E-state index contributed by atoms with van der Waals surface area (Å²) in [5.74, 6) is 2.64. The predicted octanol–water partition coefficient (Wildman–Crippen LogP) is 0.790. The molecule has 3 atom stereocenters. The Labute approximate surface area is 136 Å². The van der Waals surface area contributed by atoms with E-state index in [1.54, 1.807) is 14.0 Å². The topological polar surface area (TPSA) is 55.6 Å². The molecule has 0 saturated carbocycles. The van der Waals surface area contributed by atoms with Gasteiger partial charge in [-0.05, 0) is 26.3 Å². The number of carbonyl (C=O) groups is 1. The van der Waals surface area contributed by atoms with Gasteiger partial charge in [0.25, 0.3) is 0 Å². The van der Waals surface area contributed by atoms with Crippen molar-refractivity contribution in [2.45, 2.75) is 39.5 Å². The number of terminal acetylenes is 1. The van der Waals surface area contributed by atoms with Gasteiger partial charge in [-0.2, -0.15) is 0 Å². The minimum Gasteiger partial charge on any atom is -0.357 e. The molecular formula is C18H23N3O2. The minimum absolute atomic E-state index is 0.0886. The summed E-state index contributed by atoms with van der Waals surface area (Å²) in [6, 6.07) is 1.95. The second-order valence-corrected chi connectivity index (χ2v) is 5.85. The number of hydrogen-bond acceptors (Lipinski definition) is 3. The highest BCUT2D eigenvalue weighted by Gasteiger charge is 2.37. The molecule has 5 heteroatoms. The molecule has 2 rings (SSSR count). The number of aliphatic imine (C=N–C) groups is 1. The maximum atomic E-state index is 11.8. The summed E-state index contributed by atoms with van der Waals surface area (Å²) in [6.45, 7) is 9.91. The van der Waals surface area contributed by atoms with E-state index in [0.29, 0.717) is 12.1 Å². The molecule has 5 nitrogen and oxygen atoms in total. The van der Waals surface area contributed by atoms with Gasteiger partial charge in [0.1, 0.15) is 12.3 Å². The molecule has 0 spiro atoms. The summed E-state index contributed by atoms with van der Waals surface area (Å²) in [6.07, 6.45) is 7.33. The Bertz CT molecular complexity index is 782. The number of likely N-dealkylation sites (N-methyl/N-ethyl adjacent to an activating group) is 1. The number of nitrogens with one attached hydrogen (secondary N) is 1. The van der Waals surface area contributed by atoms with Gasteiger partial charge in [0.05, 0.1) is 5.71 Å². The number of hydrogen-bond donors (Lipinski definition) is 1.